The fourth-order valence-corrected chi connectivity index (χ4v) is 9.21. The van der Waals surface area contributed by atoms with Crippen LogP contribution in [0.4, 0.5) is 0 Å². The summed E-state index contributed by atoms with van der Waals surface area (Å²) in [5, 5.41) is 26.3. The Hall–Kier alpha value is -2.27. The van der Waals surface area contributed by atoms with Crippen LogP contribution in [0.1, 0.15) is 77.6 Å². The van der Waals surface area contributed by atoms with Crippen molar-refractivity contribution in [2.75, 3.05) is 27.2 Å². The zero-order valence-electron chi connectivity index (χ0n) is 31.0. The zero-order chi connectivity index (χ0) is 34.9. The molecule has 0 radical (unpaired) electrons. The number of aromatic nitrogens is 1. The minimum atomic E-state index is -0.814. The molecule has 9 atom stereocenters. The van der Waals surface area contributed by atoms with Gasteiger partial charge in [-0.25, -0.2) is 0 Å². The van der Waals surface area contributed by atoms with Crippen molar-refractivity contribution in [3.8, 4) is 0 Å². The Morgan fingerprint density at radius 2 is 1.83 bits per heavy atom. The van der Waals surface area contributed by atoms with Gasteiger partial charge in [0.15, 0.2) is 0 Å². The number of aryl methyl sites for hydroxylation is 1. The lowest BCUT2D eigenvalue weighted by molar-refractivity contribution is -0.183. The number of fused-ring (bicyclic) bond motifs is 2. The predicted molar refractivity (Wildman–Crippen MR) is 190 cm³/mol. The van der Waals surface area contributed by atoms with E-state index in [2.05, 4.69) is 118 Å². The average Bonchev–Trinajstić information content (AvgIpc) is 3.59. The van der Waals surface area contributed by atoms with Crippen LogP contribution in [0.25, 0.3) is 0 Å². The van der Waals surface area contributed by atoms with Gasteiger partial charge in [-0.2, -0.15) is 5.06 Å². The Morgan fingerprint density at radius 3 is 2.42 bits per heavy atom. The van der Waals surface area contributed by atoms with Crippen LogP contribution in [0.5, 0.6) is 0 Å². The SMILES string of the molecule is CC(C)C[C@@H](CN(C)C)N(Cc1cccc(CN2O[C@@H](CO)[C@@H]([C@H](C)O)C2C(=O)NC2C[C@H]3C[C@@H]([C@@H]2C)C3(C)C)c1)Cc1cccn1C. The first-order chi connectivity index (χ1) is 22.7. The molecule has 48 heavy (non-hydrogen) atoms. The first kappa shape index (κ1) is 37.0. The second kappa shape index (κ2) is 15.3. The van der Waals surface area contributed by atoms with Crippen LogP contribution in [0.15, 0.2) is 42.6 Å². The minimum absolute atomic E-state index is 0.110. The van der Waals surface area contributed by atoms with Gasteiger partial charge in [-0.3, -0.25) is 14.5 Å². The number of aliphatic hydroxyl groups is 2. The quantitative estimate of drug-likeness (QED) is 0.255. The summed E-state index contributed by atoms with van der Waals surface area (Å²) in [7, 11) is 6.41. The number of likely N-dealkylation sites (N-methyl/N-ethyl adjacent to an activating group) is 1. The van der Waals surface area contributed by atoms with E-state index >= 15 is 0 Å². The summed E-state index contributed by atoms with van der Waals surface area (Å²) in [6, 6.07) is 12.7. The number of hydrogen-bond acceptors (Lipinski definition) is 7. The van der Waals surface area contributed by atoms with Gasteiger partial charge in [0.05, 0.1) is 19.3 Å². The number of nitrogens with one attached hydrogen (secondary N) is 1. The lowest BCUT2D eigenvalue weighted by atomic mass is 9.45. The van der Waals surface area contributed by atoms with Crippen molar-refractivity contribution in [2.24, 2.45) is 42.1 Å². The van der Waals surface area contributed by atoms with Gasteiger partial charge in [0.1, 0.15) is 12.1 Å². The highest BCUT2D eigenvalue weighted by Gasteiger charge is 2.57. The van der Waals surface area contributed by atoms with E-state index in [4.69, 9.17) is 4.84 Å². The van der Waals surface area contributed by atoms with Crippen molar-refractivity contribution in [1.82, 2.24) is 24.7 Å². The largest absolute Gasteiger partial charge is 0.394 e. The van der Waals surface area contributed by atoms with Crippen molar-refractivity contribution < 1.29 is 19.8 Å². The van der Waals surface area contributed by atoms with Crippen LogP contribution in [0.2, 0.25) is 0 Å². The van der Waals surface area contributed by atoms with Gasteiger partial charge in [-0.15, -0.1) is 0 Å². The highest BCUT2D eigenvalue weighted by atomic mass is 16.7. The molecule has 4 aliphatic rings. The standard InChI is InChI=1S/C39H63N5O4/c1-25(2)16-32(22-41(7)8)43(23-31-14-11-15-42(31)9)20-28-12-10-13-29(17-28)21-44-37(36(27(4)46)35(24-45)48-44)38(47)40-34-19-30-18-33(26(34)3)39(30,5)6/h10-15,17,25-27,30,32-37,45-46H,16,18-24H2,1-9H3,(H,40,47)/t26-,27-,30+,32-,33-,34?,35-,36+,37?/m0/s1. The predicted octanol–water partition coefficient (Wildman–Crippen LogP) is 4.66. The second-order valence-corrected chi connectivity index (χ2v) is 16.6. The fourth-order valence-electron chi connectivity index (χ4n) is 9.21. The van der Waals surface area contributed by atoms with Crippen molar-refractivity contribution in [3.63, 3.8) is 0 Å². The first-order valence-corrected chi connectivity index (χ1v) is 18.3. The molecule has 9 heteroatoms. The molecule has 1 aliphatic heterocycles. The molecule has 3 aliphatic carbocycles. The zero-order valence-corrected chi connectivity index (χ0v) is 31.0. The molecule has 2 unspecified atom stereocenters. The van der Waals surface area contributed by atoms with Crippen molar-refractivity contribution in [2.45, 2.75) is 111 Å². The highest BCUT2D eigenvalue weighted by molar-refractivity contribution is 5.82. The van der Waals surface area contributed by atoms with Crippen LogP contribution in [0.3, 0.4) is 0 Å². The molecular weight excluding hydrogens is 602 g/mol. The van der Waals surface area contributed by atoms with Gasteiger partial charge >= 0.3 is 0 Å². The summed E-state index contributed by atoms with van der Waals surface area (Å²) in [4.78, 5) is 25.3. The molecule has 1 aromatic carbocycles. The Morgan fingerprint density at radius 1 is 1.10 bits per heavy atom. The molecule has 9 nitrogen and oxygen atoms in total. The van der Waals surface area contributed by atoms with Gasteiger partial charge < -0.3 is 25.0 Å². The monoisotopic (exact) mass is 665 g/mol. The van der Waals surface area contributed by atoms with E-state index in [1.165, 1.54) is 17.7 Å². The molecular formula is C39H63N5O4. The Balaban J connectivity index is 1.35. The summed E-state index contributed by atoms with van der Waals surface area (Å²) >= 11 is 0. The molecule has 268 valence electrons. The van der Waals surface area contributed by atoms with Gasteiger partial charge in [0, 0.05) is 56.6 Å². The normalized spacial score (nSPS) is 29.8. The third-order valence-corrected chi connectivity index (χ3v) is 12.0. The third-order valence-electron chi connectivity index (χ3n) is 12.0. The van der Waals surface area contributed by atoms with E-state index in [0.717, 1.165) is 38.0 Å². The van der Waals surface area contributed by atoms with Gasteiger partial charge in [-0.1, -0.05) is 58.9 Å². The van der Waals surface area contributed by atoms with E-state index in [-0.39, 0.29) is 18.6 Å². The summed E-state index contributed by atoms with van der Waals surface area (Å²) < 4.78 is 2.20. The summed E-state index contributed by atoms with van der Waals surface area (Å²) in [5.74, 6) is 1.55. The van der Waals surface area contributed by atoms with Crippen molar-refractivity contribution in [1.29, 1.82) is 0 Å². The second-order valence-electron chi connectivity index (χ2n) is 16.6. The molecule has 2 heterocycles. The number of rotatable bonds is 15. The Labute approximate surface area is 289 Å². The van der Waals surface area contributed by atoms with Crippen molar-refractivity contribution >= 4 is 5.91 Å². The maximum absolute atomic E-state index is 14.1. The summed E-state index contributed by atoms with van der Waals surface area (Å²) in [6.45, 7) is 16.0. The Kier molecular flexibility index (Phi) is 11.8. The van der Waals surface area contributed by atoms with E-state index in [1.807, 2.05) is 0 Å². The molecule has 3 N–H and O–H groups in total. The third kappa shape index (κ3) is 8.03. The molecule has 1 saturated heterocycles. The van der Waals surface area contributed by atoms with Gasteiger partial charge in [-0.05, 0) is 92.6 Å². The van der Waals surface area contributed by atoms with Crippen LogP contribution in [-0.4, -0.2) is 93.1 Å². The smallest absolute Gasteiger partial charge is 0.240 e. The van der Waals surface area contributed by atoms with E-state index in [9.17, 15) is 15.0 Å². The number of carbonyl (C=O) groups is 1. The van der Waals surface area contributed by atoms with Crippen LogP contribution >= 0.6 is 0 Å². The number of amides is 1. The lowest BCUT2D eigenvalue weighted by Gasteiger charge is -2.62. The minimum Gasteiger partial charge on any atom is -0.394 e. The average molecular weight is 666 g/mol. The summed E-state index contributed by atoms with van der Waals surface area (Å²) in [5.41, 5.74) is 3.85. The fraction of sp³-hybridized carbons (Fsp3) is 0.718. The summed E-state index contributed by atoms with van der Waals surface area (Å²) in [6.07, 6.45) is 3.98. The topological polar surface area (TPSA) is 93.4 Å². The maximum Gasteiger partial charge on any atom is 0.240 e. The van der Waals surface area contributed by atoms with E-state index in [0.29, 0.717) is 41.7 Å². The Bertz CT molecular complexity index is 1350. The molecule has 1 aromatic heterocycles. The highest BCUT2D eigenvalue weighted by Crippen LogP contribution is 2.61. The molecule has 2 bridgehead atoms. The molecule has 2 aromatic rings. The van der Waals surface area contributed by atoms with Crippen LogP contribution in [0, 0.1) is 35.0 Å². The van der Waals surface area contributed by atoms with Crippen LogP contribution in [-0.2, 0) is 36.3 Å². The number of aliphatic hydroxyl groups excluding tert-OH is 2. The molecule has 0 spiro atoms. The molecule has 3 saturated carbocycles. The lowest BCUT2D eigenvalue weighted by Crippen LogP contribution is -2.62. The first-order valence-electron chi connectivity index (χ1n) is 18.3. The molecule has 4 fully saturated rings. The maximum atomic E-state index is 14.1. The molecule has 1 amide bonds. The van der Waals surface area contributed by atoms with E-state index in [1.54, 1.807) is 12.0 Å². The van der Waals surface area contributed by atoms with Gasteiger partial charge in [0.25, 0.3) is 0 Å². The number of nitrogens with zero attached hydrogens (tertiary/aromatic N) is 4. The molecule has 6 rings (SSSR count). The van der Waals surface area contributed by atoms with Crippen LogP contribution < -0.4 is 5.32 Å². The number of carbonyl (C=O) groups excluding carboxylic acids is 1. The van der Waals surface area contributed by atoms with Crippen molar-refractivity contribution in [3.05, 3.63) is 59.4 Å². The number of hydroxylamine groups is 2. The number of benzene rings is 1. The van der Waals surface area contributed by atoms with E-state index < -0.39 is 24.2 Å². The number of hydrogen-bond donors (Lipinski definition) is 3. The van der Waals surface area contributed by atoms with Gasteiger partial charge in [0.2, 0.25) is 5.91 Å².